The average molecular weight is 993 g/mol. The lowest BCUT2D eigenvalue weighted by molar-refractivity contribution is -0.147. The molecule has 6 amide bonds. The zero-order valence-corrected chi connectivity index (χ0v) is 44.1. The highest BCUT2D eigenvalue weighted by atomic mass is 16.5. The Balaban J connectivity index is 1.35. The van der Waals surface area contributed by atoms with Gasteiger partial charge < -0.3 is 51.5 Å². The summed E-state index contributed by atoms with van der Waals surface area (Å²) in [6.45, 7) is 15.1. The Morgan fingerprint density at radius 3 is 1.94 bits per heavy atom. The predicted molar refractivity (Wildman–Crippen MR) is 277 cm³/mol. The third-order valence-electron chi connectivity index (χ3n) is 14.7. The zero-order valence-electron chi connectivity index (χ0n) is 44.1. The van der Waals surface area contributed by atoms with Crippen molar-refractivity contribution in [3.8, 4) is 0 Å². The number of benzene rings is 3. The number of likely N-dealkylation sites (N-methyl/N-ethyl adjacent to an activating group) is 2. The summed E-state index contributed by atoms with van der Waals surface area (Å²) in [4.78, 5) is 89.6. The van der Waals surface area contributed by atoms with E-state index in [0.717, 1.165) is 47.1 Å². The number of rotatable bonds is 19. The summed E-state index contributed by atoms with van der Waals surface area (Å²) in [7, 11) is 3.35. The van der Waals surface area contributed by atoms with Crippen molar-refractivity contribution in [3.63, 3.8) is 0 Å². The van der Waals surface area contributed by atoms with Crippen LogP contribution in [0.15, 0.2) is 72.8 Å². The second kappa shape index (κ2) is 24.4. The Bertz CT molecular complexity index is 2380. The number of amides is 6. The molecule has 7 N–H and O–H groups in total. The molecule has 3 aromatic carbocycles. The quantitative estimate of drug-likeness (QED) is 0.0864. The summed E-state index contributed by atoms with van der Waals surface area (Å²) in [5.74, 6) is -2.36. The fourth-order valence-electron chi connectivity index (χ4n) is 10.1. The molecule has 0 radical (unpaired) electrons. The number of carbonyl (C=O) groups is 6. The van der Waals surface area contributed by atoms with E-state index in [1.165, 1.54) is 5.56 Å². The van der Waals surface area contributed by atoms with Crippen molar-refractivity contribution in [2.24, 2.45) is 10.8 Å². The van der Waals surface area contributed by atoms with Crippen molar-refractivity contribution in [3.05, 3.63) is 106 Å². The van der Waals surface area contributed by atoms with E-state index in [9.17, 15) is 29.1 Å². The van der Waals surface area contributed by atoms with E-state index in [-0.39, 0.29) is 80.8 Å². The van der Waals surface area contributed by atoms with Gasteiger partial charge in [0.05, 0.1) is 44.0 Å². The van der Waals surface area contributed by atoms with Gasteiger partial charge in [0.15, 0.2) is 0 Å². The van der Waals surface area contributed by atoms with E-state index >= 15 is 4.79 Å². The predicted octanol–water partition coefficient (Wildman–Crippen LogP) is 3.83. The highest BCUT2D eigenvalue weighted by molar-refractivity contribution is 5.95. The molecule has 0 aromatic heterocycles. The second-order valence-corrected chi connectivity index (χ2v) is 22.1. The van der Waals surface area contributed by atoms with Crippen molar-refractivity contribution in [1.29, 1.82) is 0 Å². The van der Waals surface area contributed by atoms with Gasteiger partial charge in [-0.05, 0) is 104 Å². The lowest BCUT2D eigenvalue weighted by Gasteiger charge is -2.41. The van der Waals surface area contributed by atoms with Crippen LogP contribution in [-0.4, -0.2) is 133 Å². The Morgan fingerprint density at radius 1 is 0.722 bits per heavy atom. The number of aliphatic hydroxyl groups is 1. The van der Waals surface area contributed by atoms with Crippen LogP contribution in [0.2, 0.25) is 0 Å². The van der Waals surface area contributed by atoms with Crippen molar-refractivity contribution in [1.82, 2.24) is 41.7 Å². The molecule has 0 spiro atoms. The van der Waals surface area contributed by atoms with Gasteiger partial charge in [-0.2, -0.15) is 0 Å². The minimum Gasteiger partial charge on any atom is -0.394 e. The first-order valence-corrected chi connectivity index (χ1v) is 25.7. The van der Waals surface area contributed by atoms with Crippen molar-refractivity contribution < 1.29 is 38.6 Å². The molecule has 16 nitrogen and oxygen atoms in total. The van der Waals surface area contributed by atoms with Gasteiger partial charge in [-0.1, -0.05) is 114 Å². The zero-order chi connectivity index (χ0) is 52.5. The molecule has 2 aliphatic heterocycles. The lowest BCUT2D eigenvalue weighted by atomic mass is 9.83. The van der Waals surface area contributed by atoms with E-state index in [1.807, 2.05) is 102 Å². The van der Waals surface area contributed by atoms with Gasteiger partial charge in [0.1, 0.15) is 24.2 Å². The number of aryl methyl sites for hydroxylation is 1. The van der Waals surface area contributed by atoms with Crippen LogP contribution in [0.5, 0.6) is 0 Å². The van der Waals surface area contributed by atoms with Gasteiger partial charge in [0.2, 0.25) is 35.4 Å². The van der Waals surface area contributed by atoms with Crippen LogP contribution < -0.4 is 31.9 Å². The third-order valence-corrected chi connectivity index (χ3v) is 14.7. The maximum absolute atomic E-state index is 15.1. The summed E-state index contributed by atoms with van der Waals surface area (Å²) in [5, 5.41) is 27.9. The average Bonchev–Trinajstić information content (AvgIpc) is 3.81. The van der Waals surface area contributed by atoms with Crippen LogP contribution in [-0.2, 0) is 59.3 Å². The lowest BCUT2D eigenvalue weighted by Crippen LogP contribution is -2.62. The molecule has 0 saturated carbocycles. The topological polar surface area (TPSA) is 211 Å². The minimum absolute atomic E-state index is 0.0522. The Labute approximate surface area is 426 Å². The van der Waals surface area contributed by atoms with Crippen LogP contribution in [0.4, 0.5) is 0 Å². The molecule has 6 rings (SSSR count). The number of likely N-dealkylation sites (tertiary alicyclic amines) is 1. The van der Waals surface area contributed by atoms with E-state index in [0.29, 0.717) is 12.8 Å². The molecule has 1 aliphatic carbocycles. The molecule has 3 aromatic rings. The van der Waals surface area contributed by atoms with Crippen molar-refractivity contribution >= 4 is 35.4 Å². The molecule has 9 atom stereocenters. The first-order valence-electron chi connectivity index (χ1n) is 25.7. The molecule has 1 saturated heterocycles. The molecule has 16 heteroatoms. The van der Waals surface area contributed by atoms with Crippen LogP contribution in [0.3, 0.4) is 0 Å². The molecular weight excluding hydrogens is 913 g/mol. The molecule has 2 heterocycles. The van der Waals surface area contributed by atoms with Gasteiger partial charge in [-0.3, -0.25) is 28.8 Å². The number of hydrogen-bond acceptors (Lipinski definition) is 10. The second-order valence-electron chi connectivity index (χ2n) is 22.1. The monoisotopic (exact) mass is 993 g/mol. The van der Waals surface area contributed by atoms with Gasteiger partial charge in [-0.25, -0.2) is 0 Å². The molecule has 0 unspecified atom stereocenters. The Morgan fingerprint density at radius 2 is 1.33 bits per heavy atom. The fraction of sp³-hybridized carbons (Fsp3) is 0.571. The van der Waals surface area contributed by atoms with Gasteiger partial charge in [0, 0.05) is 25.4 Å². The van der Waals surface area contributed by atoms with Gasteiger partial charge in [0.25, 0.3) is 0 Å². The highest BCUT2D eigenvalue weighted by Crippen LogP contribution is 2.38. The Kier molecular flexibility index (Phi) is 18.8. The van der Waals surface area contributed by atoms with Gasteiger partial charge >= 0.3 is 0 Å². The maximum Gasteiger partial charge on any atom is 0.246 e. The molecule has 1 fully saturated rings. The highest BCUT2D eigenvalue weighted by Gasteiger charge is 2.47. The number of nitrogens with zero attached hydrogens (tertiary/aromatic N) is 2. The first kappa shape index (κ1) is 55.6. The van der Waals surface area contributed by atoms with Gasteiger partial charge in [-0.15, -0.1) is 0 Å². The molecule has 3 aliphatic rings. The summed E-state index contributed by atoms with van der Waals surface area (Å²) < 4.78 is 5.75. The number of carbonyl (C=O) groups excluding carboxylic acids is 6. The number of aliphatic hydroxyl groups excluding tert-OH is 1. The van der Waals surface area contributed by atoms with Crippen LogP contribution >= 0.6 is 0 Å². The van der Waals surface area contributed by atoms with Crippen molar-refractivity contribution in [2.45, 2.75) is 155 Å². The molecular formula is C56H80N8O8. The van der Waals surface area contributed by atoms with Crippen LogP contribution in [0.25, 0.3) is 0 Å². The smallest absolute Gasteiger partial charge is 0.246 e. The summed E-state index contributed by atoms with van der Waals surface area (Å²) in [6.07, 6.45) is 3.57. The van der Waals surface area contributed by atoms with Crippen molar-refractivity contribution in [2.75, 3.05) is 40.5 Å². The largest absolute Gasteiger partial charge is 0.394 e. The SMILES string of the molecule is CN[C@@H](C)C(=O)N[C@H](C(=O)N1Cc2cc([C@H]3C[C@@H](C(=O)N[C@@H]4CCCc5ccccc54)N(C(=O)[C@@H](NC(=O)[C@H](C)NC)C(C)(C)C)C3)ccc2C[C@H]1C(=O)N[C@H](COCCO)Cc1ccccc1)C(C)(C)C. The standard InChI is InChI=1S/C56H80N8O8/c1-34(57-9)49(66)61-47(55(3,4)5)53(70)63-31-40-28-38(23-24-39(40)29-45(63)51(68)59-42(33-72-26-25-65)27-36-17-12-11-13-18-36)41-30-46(52(69)60-44-22-16-20-37-19-14-15-21-43(37)44)64(32-41)54(71)48(56(6,7)8)62-50(67)35(2)58-10/h11-15,17-19,21,23-24,28,34-35,41-42,44-48,57-58,65H,16,20,22,25-27,29-33H2,1-10H3,(H,59,68)(H,60,69)(H,61,66)(H,62,67)/t34-,35-,41-,42-,44+,45-,46-,47+,48+/m0/s1. The van der Waals surface area contributed by atoms with E-state index in [1.54, 1.807) is 37.7 Å². The number of ether oxygens (including phenoxy) is 1. The summed E-state index contributed by atoms with van der Waals surface area (Å²) in [6, 6.07) is 18.3. The first-order chi connectivity index (χ1) is 34.1. The normalized spacial score (nSPS) is 21.0. The van der Waals surface area contributed by atoms with E-state index in [2.05, 4.69) is 44.0 Å². The van der Waals surface area contributed by atoms with Crippen LogP contribution in [0, 0.1) is 10.8 Å². The van der Waals surface area contributed by atoms with E-state index < -0.39 is 59.0 Å². The van der Waals surface area contributed by atoms with Crippen LogP contribution in [0.1, 0.15) is 120 Å². The molecule has 0 bridgehead atoms. The maximum atomic E-state index is 15.1. The third kappa shape index (κ3) is 13.7. The Hall–Kier alpha value is -5.68. The van der Waals surface area contributed by atoms with E-state index in [4.69, 9.17) is 4.74 Å². The molecule has 392 valence electrons. The molecule has 72 heavy (non-hydrogen) atoms. The number of nitrogens with one attached hydrogen (secondary N) is 6. The minimum atomic E-state index is -0.994. The summed E-state index contributed by atoms with van der Waals surface area (Å²) in [5.41, 5.74) is 4.36. The summed E-state index contributed by atoms with van der Waals surface area (Å²) >= 11 is 0. The number of hydrogen-bond donors (Lipinski definition) is 7. The fourth-order valence-corrected chi connectivity index (χ4v) is 10.1. The number of fused-ring (bicyclic) bond motifs is 2.